The fourth-order valence-corrected chi connectivity index (χ4v) is 3.17. The van der Waals surface area contributed by atoms with E-state index in [2.05, 4.69) is 9.35 Å². The Kier molecular flexibility index (Phi) is 7.30. The van der Waals surface area contributed by atoms with Crippen molar-refractivity contribution in [1.82, 2.24) is 4.98 Å². The van der Waals surface area contributed by atoms with Gasteiger partial charge in [-0.25, -0.2) is 13.8 Å². The number of benzene rings is 1. The molecule has 8 heteroatoms. The van der Waals surface area contributed by atoms with Crippen molar-refractivity contribution >= 4 is 10.7 Å². The minimum atomic E-state index is -2.66. The van der Waals surface area contributed by atoms with E-state index in [9.17, 15) is 18.3 Å². The predicted molar refractivity (Wildman–Crippen MR) is 94.3 cm³/mol. The molecule has 2 aromatic rings. The molecule has 0 fully saturated rings. The third-order valence-electron chi connectivity index (χ3n) is 3.93. The first-order chi connectivity index (χ1) is 12.5. The second kappa shape index (κ2) is 9.46. The molecule has 3 atom stereocenters. The van der Waals surface area contributed by atoms with E-state index in [1.165, 1.54) is 0 Å². The molecule has 2 rings (SSSR count). The zero-order chi connectivity index (χ0) is 19.1. The second-order valence-corrected chi connectivity index (χ2v) is 7.22. The summed E-state index contributed by atoms with van der Waals surface area (Å²) in [5, 5.41) is 19.4. The lowest BCUT2D eigenvalue weighted by Crippen LogP contribution is -2.17. The minimum Gasteiger partial charge on any atom is -0.388 e. The molecule has 26 heavy (non-hydrogen) atoms. The second-order valence-electron chi connectivity index (χ2n) is 5.66. The number of rotatable bonds is 7. The summed E-state index contributed by atoms with van der Waals surface area (Å²) in [5.74, 6) is -1.13. The van der Waals surface area contributed by atoms with Gasteiger partial charge in [0, 0.05) is 24.1 Å². The molecular weight excluding hydrogens is 363 g/mol. The van der Waals surface area contributed by atoms with Crippen LogP contribution in [0.3, 0.4) is 0 Å². The molecule has 4 nitrogen and oxygen atoms in total. The first kappa shape index (κ1) is 20.1. The number of nitrogens with zero attached hydrogens (tertiary/aromatic N) is 3. The first-order valence-corrected chi connectivity index (χ1v) is 9.39. The van der Waals surface area contributed by atoms with E-state index in [-0.39, 0.29) is 0 Å². The molecule has 0 saturated heterocycles. The van der Waals surface area contributed by atoms with E-state index < -0.39 is 42.2 Å². The molecule has 138 valence electrons. The normalized spacial score (nSPS) is 14.8. The highest BCUT2D eigenvalue weighted by molar-refractivity contribution is 7.86. The Balaban J connectivity index is 2.16. The van der Waals surface area contributed by atoms with Crippen molar-refractivity contribution in [2.24, 2.45) is 10.3 Å². The number of aliphatic hydroxyl groups excluding tert-OH is 1. The van der Waals surface area contributed by atoms with Gasteiger partial charge in [0.25, 0.3) is 0 Å². The van der Waals surface area contributed by atoms with Gasteiger partial charge in [0.1, 0.15) is 5.03 Å². The number of nitriles is 1. The Morgan fingerprint density at radius 2 is 1.85 bits per heavy atom. The summed E-state index contributed by atoms with van der Waals surface area (Å²) < 4.78 is 41.6. The smallest absolute Gasteiger partial charge is 0.239 e. The van der Waals surface area contributed by atoms with E-state index in [0.717, 1.165) is 11.1 Å². The molecule has 0 aliphatic rings. The van der Waals surface area contributed by atoms with Crippen molar-refractivity contribution in [1.29, 1.82) is 5.26 Å². The van der Waals surface area contributed by atoms with E-state index in [1.807, 2.05) is 6.07 Å². The van der Waals surface area contributed by atoms with Gasteiger partial charge in [0.05, 0.1) is 12.8 Å². The van der Waals surface area contributed by atoms with Gasteiger partial charge in [-0.3, -0.25) is 4.39 Å². The van der Waals surface area contributed by atoms with Crippen molar-refractivity contribution in [3.8, 4) is 17.3 Å². The summed E-state index contributed by atoms with van der Waals surface area (Å²) in [6, 6.07) is 10.3. The maximum Gasteiger partial charge on any atom is 0.239 e. The molecule has 1 aromatic carbocycles. The van der Waals surface area contributed by atoms with Crippen LogP contribution in [0.1, 0.15) is 18.1 Å². The standard InChI is InChI=1S/C18H18F3N3OS/c1-26(24-11-22)17-7-6-14(10-23-17)12-2-4-13(5-3-12)18(25)15(9-19)8-16(20)21/h2-7,10,15-16,18,25H,8-9H2,1H3/t15?,18-,26?/m1/s1. The first-order valence-electron chi connectivity index (χ1n) is 7.80. The Morgan fingerprint density at radius 1 is 1.19 bits per heavy atom. The maximum atomic E-state index is 12.9. The van der Waals surface area contributed by atoms with Crippen LogP contribution in [-0.4, -0.2) is 29.4 Å². The highest BCUT2D eigenvalue weighted by atomic mass is 32.2. The molecule has 1 heterocycles. The maximum absolute atomic E-state index is 12.9. The van der Waals surface area contributed by atoms with E-state index in [1.54, 1.807) is 49.0 Å². The van der Waals surface area contributed by atoms with Crippen LogP contribution in [0.25, 0.3) is 11.1 Å². The van der Waals surface area contributed by atoms with Crippen LogP contribution >= 0.6 is 0 Å². The van der Waals surface area contributed by atoms with Gasteiger partial charge in [0.2, 0.25) is 12.6 Å². The number of aliphatic hydroxyl groups is 1. The molecule has 0 bridgehead atoms. The van der Waals surface area contributed by atoms with Crippen LogP contribution in [0, 0.1) is 17.4 Å². The average molecular weight is 381 g/mol. The van der Waals surface area contributed by atoms with Crippen molar-refractivity contribution in [3.05, 3.63) is 48.2 Å². The molecule has 0 saturated carbocycles. The molecule has 0 aliphatic carbocycles. The highest BCUT2D eigenvalue weighted by Gasteiger charge is 2.24. The average Bonchev–Trinajstić information content (AvgIpc) is 2.66. The predicted octanol–water partition coefficient (Wildman–Crippen LogP) is 4.29. The van der Waals surface area contributed by atoms with E-state index in [0.29, 0.717) is 10.6 Å². The minimum absolute atomic E-state index is 0.393. The molecule has 1 N–H and O–H groups in total. The molecular formula is C18H18F3N3OS. The molecule has 1 aromatic heterocycles. The Morgan fingerprint density at radius 3 is 2.35 bits per heavy atom. The molecule has 2 unspecified atom stereocenters. The van der Waals surface area contributed by atoms with Crippen LogP contribution in [0.15, 0.2) is 52.0 Å². The Labute approximate surface area is 152 Å². The molecule has 0 aliphatic heterocycles. The SMILES string of the molecule is C/S(=N\C#N)c1ccc(-c2ccc([C@@H](O)C(CF)CC(F)F)cc2)cn1. The number of halogens is 3. The zero-order valence-electron chi connectivity index (χ0n) is 14.0. The topological polar surface area (TPSA) is 69.3 Å². The highest BCUT2D eigenvalue weighted by Crippen LogP contribution is 2.29. The quantitative estimate of drug-likeness (QED) is 0.727. The number of aromatic nitrogens is 1. The fraction of sp³-hybridized carbons (Fsp3) is 0.333. The monoisotopic (exact) mass is 381 g/mol. The van der Waals surface area contributed by atoms with Crippen LogP contribution in [-0.2, 0) is 10.7 Å². The van der Waals surface area contributed by atoms with E-state index >= 15 is 0 Å². The van der Waals surface area contributed by atoms with Crippen LogP contribution in [0.2, 0.25) is 0 Å². The third-order valence-corrected chi connectivity index (χ3v) is 5.13. The molecule has 0 radical (unpaired) electrons. The summed E-state index contributed by atoms with van der Waals surface area (Å²) in [6.07, 6.45) is 0.575. The van der Waals surface area contributed by atoms with Crippen molar-refractivity contribution < 1.29 is 18.3 Å². The van der Waals surface area contributed by atoms with Crippen LogP contribution < -0.4 is 0 Å². The third kappa shape index (κ3) is 5.13. The van der Waals surface area contributed by atoms with Gasteiger partial charge in [0.15, 0.2) is 0 Å². The van der Waals surface area contributed by atoms with Crippen molar-refractivity contribution in [3.63, 3.8) is 0 Å². The van der Waals surface area contributed by atoms with E-state index in [4.69, 9.17) is 5.26 Å². The fourth-order valence-electron chi connectivity index (χ4n) is 2.48. The zero-order valence-corrected chi connectivity index (χ0v) is 14.8. The van der Waals surface area contributed by atoms with Gasteiger partial charge in [-0.05, 0) is 34.1 Å². The van der Waals surface area contributed by atoms with Crippen molar-refractivity contribution in [2.45, 2.75) is 24.0 Å². The lowest BCUT2D eigenvalue weighted by atomic mass is 9.93. The van der Waals surface area contributed by atoms with Gasteiger partial charge < -0.3 is 5.11 Å². The van der Waals surface area contributed by atoms with Crippen LogP contribution in [0.4, 0.5) is 13.2 Å². The van der Waals surface area contributed by atoms with Gasteiger partial charge >= 0.3 is 0 Å². The molecule has 0 amide bonds. The molecule has 0 spiro atoms. The largest absolute Gasteiger partial charge is 0.388 e. The van der Waals surface area contributed by atoms with Crippen molar-refractivity contribution in [2.75, 3.05) is 12.9 Å². The summed E-state index contributed by atoms with van der Waals surface area (Å²) in [6.45, 7) is -1.01. The summed E-state index contributed by atoms with van der Waals surface area (Å²) in [4.78, 5) is 4.29. The van der Waals surface area contributed by atoms with Gasteiger partial charge in [-0.2, -0.15) is 5.26 Å². The lowest BCUT2D eigenvalue weighted by Gasteiger charge is -2.20. The lowest BCUT2D eigenvalue weighted by molar-refractivity contribution is 0.0353. The van der Waals surface area contributed by atoms with Crippen LogP contribution in [0.5, 0.6) is 0 Å². The number of alkyl halides is 3. The number of hydrogen-bond donors (Lipinski definition) is 1. The number of hydrogen-bond acceptors (Lipinski definition) is 4. The Hall–Kier alpha value is -2.24. The summed E-state index contributed by atoms with van der Waals surface area (Å²) in [7, 11) is -0.596. The summed E-state index contributed by atoms with van der Waals surface area (Å²) in [5.41, 5.74) is 2.03. The number of pyridine rings is 1. The summed E-state index contributed by atoms with van der Waals surface area (Å²) >= 11 is 0. The van der Waals surface area contributed by atoms with Gasteiger partial charge in [-0.15, -0.1) is 4.36 Å². The Bertz CT molecular complexity index is 789. The van der Waals surface area contributed by atoms with Gasteiger partial charge in [-0.1, -0.05) is 30.3 Å².